The summed E-state index contributed by atoms with van der Waals surface area (Å²) in [6, 6.07) is 13.9. The van der Waals surface area contributed by atoms with Crippen molar-refractivity contribution in [3.05, 3.63) is 59.2 Å². The number of amides is 2. The first-order chi connectivity index (χ1) is 13.5. The van der Waals surface area contributed by atoms with Gasteiger partial charge in [0.15, 0.2) is 6.61 Å². The van der Waals surface area contributed by atoms with E-state index in [9.17, 15) is 9.59 Å². The first-order valence-corrected chi connectivity index (χ1v) is 8.76. The van der Waals surface area contributed by atoms with Crippen molar-refractivity contribution >= 4 is 11.8 Å². The van der Waals surface area contributed by atoms with Gasteiger partial charge in [0, 0.05) is 7.05 Å². The lowest BCUT2D eigenvalue weighted by atomic mass is 10.0. The molecule has 0 fully saturated rings. The van der Waals surface area contributed by atoms with E-state index in [0.29, 0.717) is 17.1 Å². The molecule has 7 nitrogen and oxygen atoms in total. The Morgan fingerprint density at radius 3 is 2.50 bits per heavy atom. The average Bonchev–Trinajstić information content (AvgIpc) is 2.72. The molecule has 2 aromatic rings. The minimum Gasteiger partial charge on any atom is -0.496 e. The summed E-state index contributed by atoms with van der Waals surface area (Å²) in [4.78, 5) is 24.4. The number of nitriles is 1. The van der Waals surface area contributed by atoms with E-state index in [4.69, 9.17) is 14.7 Å². The first kappa shape index (κ1) is 20.8. The molecule has 0 heterocycles. The molecule has 0 saturated heterocycles. The Labute approximate surface area is 164 Å². The fourth-order valence-electron chi connectivity index (χ4n) is 2.69. The molecule has 0 unspecified atom stereocenters. The third-order valence-corrected chi connectivity index (χ3v) is 4.16. The molecule has 2 aromatic carbocycles. The predicted octanol–water partition coefficient (Wildman–Crippen LogP) is 2.38. The van der Waals surface area contributed by atoms with E-state index in [-0.39, 0.29) is 30.9 Å². The second kappa shape index (κ2) is 9.97. The monoisotopic (exact) mass is 381 g/mol. The molecule has 1 atom stereocenters. The van der Waals surface area contributed by atoms with E-state index in [1.807, 2.05) is 19.1 Å². The summed E-state index contributed by atoms with van der Waals surface area (Å²) in [6.45, 7) is 1.84. The third-order valence-electron chi connectivity index (χ3n) is 4.16. The third kappa shape index (κ3) is 5.48. The molecule has 0 spiro atoms. The van der Waals surface area contributed by atoms with Crippen molar-refractivity contribution in [2.45, 2.75) is 19.4 Å². The smallest absolute Gasteiger partial charge is 0.254 e. The van der Waals surface area contributed by atoms with Gasteiger partial charge < -0.3 is 20.1 Å². The summed E-state index contributed by atoms with van der Waals surface area (Å²) in [5.74, 6) is 0.658. The summed E-state index contributed by atoms with van der Waals surface area (Å²) in [6.07, 6.45) is 0.210. The van der Waals surface area contributed by atoms with Gasteiger partial charge in [-0.3, -0.25) is 9.59 Å². The van der Waals surface area contributed by atoms with Gasteiger partial charge in [0.1, 0.15) is 17.6 Å². The summed E-state index contributed by atoms with van der Waals surface area (Å²) in [7, 11) is 3.06. The molecule has 2 N–H and O–H groups in total. The zero-order chi connectivity index (χ0) is 20.5. The molecule has 2 rings (SSSR count). The SMILES string of the molecule is CNC(=O)c1cc([C@H](C)NC(=O)Cc2ccc(OCC#N)cc2)ccc1OC. The maximum atomic E-state index is 12.4. The zero-order valence-corrected chi connectivity index (χ0v) is 16.1. The van der Waals surface area contributed by atoms with Gasteiger partial charge in [-0.05, 0) is 42.3 Å². The van der Waals surface area contributed by atoms with Gasteiger partial charge in [0.25, 0.3) is 5.91 Å². The molecule has 0 bridgehead atoms. The van der Waals surface area contributed by atoms with Gasteiger partial charge in [0.2, 0.25) is 5.91 Å². The van der Waals surface area contributed by atoms with Crippen molar-refractivity contribution in [1.82, 2.24) is 10.6 Å². The number of ether oxygens (including phenoxy) is 2. The molecular formula is C21H23N3O4. The molecule has 0 aromatic heterocycles. The van der Waals surface area contributed by atoms with Crippen molar-refractivity contribution in [2.24, 2.45) is 0 Å². The fourth-order valence-corrected chi connectivity index (χ4v) is 2.69. The van der Waals surface area contributed by atoms with Crippen LogP contribution in [-0.4, -0.2) is 32.6 Å². The van der Waals surface area contributed by atoms with Crippen LogP contribution in [0.5, 0.6) is 11.5 Å². The minimum absolute atomic E-state index is 0.0166. The van der Waals surface area contributed by atoms with Crippen molar-refractivity contribution in [3.8, 4) is 17.6 Å². The van der Waals surface area contributed by atoms with Gasteiger partial charge in [-0.1, -0.05) is 18.2 Å². The average molecular weight is 381 g/mol. The first-order valence-electron chi connectivity index (χ1n) is 8.76. The maximum absolute atomic E-state index is 12.4. The number of methoxy groups -OCH3 is 1. The Kier molecular flexibility index (Phi) is 7.40. The quantitative estimate of drug-likeness (QED) is 0.731. The Balaban J connectivity index is 2.02. The Hall–Kier alpha value is -3.53. The van der Waals surface area contributed by atoms with Crippen LogP contribution >= 0.6 is 0 Å². The molecule has 2 amide bonds. The summed E-state index contributed by atoms with van der Waals surface area (Å²) < 4.78 is 10.4. The lowest BCUT2D eigenvalue weighted by Crippen LogP contribution is -2.28. The predicted molar refractivity (Wildman–Crippen MR) is 104 cm³/mol. The highest BCUT2D eigenvalue weighted by Crippen LogP contribution is 2.23. The Morgan fingerprint density at radius 1 is 1.18 bits per heavy atom. The Morgan fingerprint density at radius 2 is 1.89 bits per heavy atom. The van der Waals surface area contributed by atoms with Crippen LogP contribution in [0.4, 0.5) is 0 Å². The van der Waals surface area contributed by atoms with Crippen molar-refractivity contribution in [1.29, 1.82) is 5.26 Å². The molecule has 0 saturated carbocycles. The molecule has 0 aliphatic rings. The van der Waals surface area contributed by atoms with E-state index in [2.05, 4.69) is 10.6 Å². The Bertz CT molecular complexity index is 872. The number of carbonyl (C=O) groups excluding carboxylic acids is 2. The van der Waals surface area contributed by atoms with Gasteiger partial charge in [-0.25, -0.2) is 0 Å². The number of hydrogen-bond donors (Lipinski definition) is 2. The minimum atomic E-state index is -0.278. The normalized spacial score (nSPS) is 11.1. The molecular weight excluding hydrogens is 358 g/mol. The van der Waals surface area contributed by atoms with E-state index in [1.54, 1.807) is 43.4 Å². The number of nitrogens with zero attached hydrogens (tertiary/aromatic N) is 1. The topological polar surface area (TPSA) is 100 Å². The fraction of sp³-hybridized carbons (Fsp3) is 0.286. The van der Waals surface area contributed by atoms with E-state index in [1.165, 1.54) is 7.11 Å². The van der Waals surface area contributed by atoms with Crippen molar-refractivity contribution < 1.29 is 19.1 Å². The van der Waals surface area contributed by atoms with Crippen LogP contribution in [0.25, 0.3) is 0 Å². The highest BCUT2D eigenvalue weighted by atomic mass is 16.5. The van der Waals surface area contributed by atoms with Crippen LogP contribution < -0.4 is 20.1 Å². The number of hydrogen-bond acceptors (Lipinski definition) is 5. The maximum Gasteiger partial charge on any atom is 0.254 e. The van der Waals surface area contributed by atoms with Crippen LogP contribution in [0.2, 0.25) is 0 Å². The summed E-state index contributed by atoms with van der Waals surface area (Å²) in [5.41, 5.74) is 2.04. The molecule has 0 radical (unpaired) electrons. The van der Waals surface area contributed by atoms with Crippen LogP contribution in [0, 0.1) is 11.3 Å². The summed E-state index contributed by atoms with van der Waals surface area (Å²) in [5, 5.41) is 14.0. The van der Waals surface area contributed by atoms with Gasteiger partial charge in [-0.15, -0.1) is 0 Å². The number of carbonyl (C=O) groups is 2. The lowest BCUT2D eigenvalue weighted by molar-refractivity contribution is -0.121. The van der Waals surface area contributed by atoms with Gasteiger partial charge in [-0.2, -0.15) is 5.26 Å². The zero-order valence-electron chi connectivity index (χ0n) is 16.1. The van der Waals surface area contributed by atoms with Crippen molar-refractivity contribution in [3.63, 3.8) is 0 Å². The lowest BCUT2D eigenvalue weighted by Gasteiger charge is -2.17. The van der Waals surface area contributed by atoms with E-state index < -0.39 is 0 Å². The molecule has 0 aliphatic carbocycles. The number of benzene rings is 2. The molecule has 7 heteroatoms. The second-order valence-corrected chi connectivity index (χ2v) is 6.10. The van der Waals surface area contributed by atoms with Crippen LogP contribution in [0.15, 0.2) is 42.5 Å². The number of rotatable bonds is 8. The van der Waals surface area contributed by atoms with Crippen LogP contribution in [0.1, 0.15) is 34.5 Å². The van der Waals surface area contributed by atoms with Crippen LogP contribution in [-0.2, 0) is 11.2 Å². The molecule has 146 valence electrons. The van der Waals surface area contributed by atoms with Crippen molar-refractivity contribution in [2.75, 3.05) is 20.8 Å². The number of nitrogens with one attached hydrogen (secondary N) is 2. The molecule has 0 aliphatic heterocycles. The standard InChI is InChI=1S/C21H23N3O4/c1-14(16-6-9-19(27-3)18(13-16)21(26)23-2)24-20(25)12-15-4-7-17(8-5-15)28-11-10-22/h4-9,13-14H,11-12H2,1-3H3,(H,23,26)(H,24,25)/t14-/m0/s1. The van der Waals surface area contributed by atoms with E-state index in [0.717, 1.165) is 11.1 Å². The van der Waals surface area contributed by atoms with Crippen LogP contribution in [0.3, 0.4) is 0 Å². The highest BCUT2D eigenvalue weighted by molar-refractivity contribution is 5.97. The largest absolute Gasteiger partial charge is 0.496 e. The van der Waals surface area contributed by atoms with Gasteiger partial charge >= 0.3 is 0 Å². The summed E-state index contributed by atoms with van der Waals surface area (Å²) >= 11 is 0. The molecule has 28 heavy (non-hydrogen) atoms. The second-order valence-electron chi connectivity index (χ2n) is 6.10. The highest BCUT2D eigenvalue weighted by Gasteiger charge is 2.16. The van der Waals surface area contributed by atoms with E-state index >= 15 is 0 Å². The van der Waals surface area contributed by atoms with Gasteiger partial charge in [0.05, 0.1) is 25.1 Å².